The van der Waals surface area contributed by atoms with Gasteiger partial charge in [0.2, 0.25) is 0 Å². The topological polar surface area (TPSA) is 32.7 Å². The SMILES string of the molecule is COc1ccccc1[C@@H](C)N(C(c1ccccc1)c1ccccc1)[C@@H](CO)c1ccccc1. The van der Waals surface area contributed by atoms with E-state index in [1.165, 1.54) is 11.1 Å². The van der Waals surface area contributed by atoms with Crippen molar-refractivity contribution in [1.29, 1.82) is 0 Å². The molecule has 0 aromatic heterocycles. The summed E-state index contributed by atoms with van der Waals surface area (Å²) in [6.07, 6.45) is 0. The first-order valence-electron chi connectivity index (χ1n) is 11.4. The fourth-order valence-electron chi connectivity index (χ4n) is 4.70. The molecule has 0 unspecified atom stereocenters. The van der Waals surface area contributed by atoms with E-state index in [0.717, 1.165) is 16.9 Å². The minimum absolute atomic E-state index is 0.000328. The molecule has 1 N–H and O–H groups in total. The van der Waals surface area contributed by atoms with E-state index in [2.05, 4.69) is 78.6 Å². The van der Waals surface area contributed by atoms with Gasteiger partial charge in [0.15, 0.2) is 0 Å². The highest BCUT2D eigenvalue weighted by Gasteiger charge is 2.34. The number of benzene rings is 4. The number of aliphatic hydroxyl groups is 1. The van der Waals surface area contributed by atoms with Gasteiger partial charge in [-0.2, -0.15) is 0 Å². The molecule has 0 saturated carbocycles. The minimum Gasteiger partial charge on any atom is -0.496 e. The number of hydrogen-bond acceptors (Lipinski definition) is 3. The molecule has 4 rings (SSSR count). The third kappa shape index (κ3) is 5.00. The molecule has 3 nitrogen and oxygen atoms in total. The third-order valence-electron chi connectivity index (χ3n) is 6.28. The summed E-state index contributed by atoms with van der Waals surface area (Å²) in [4.78, 5) is 2.41. The Morgan fingerprint density at radius 3 is 1.61 bits per heavy atom. The largest absolute Gasteiger partial charge is 0.496 e. The second-order valence-corrected chi connectivity index (χ2v) is 8.20. The molecule has 2 atom stereocenters. The maximum atomic E-state index is 10.7. The fourth-order valence-corrected chi connectivity index (χ4v) is 4.70. The maximum Gasteiger partial charge on any atom is 0.123 e. The smallest absolute Gasteiger partial charge is 0.123 e. The van der Waals surface area contributed by atoms with Crippen LogP contribution in [0.1, 0.15) is 47.3 Å². The molecule has 3 heteroatoms. The zero-order chi connectivity index (χ0) is 23.0. The standard InChI is InChI=1S/C30H31NO2/c1-23(27-20-12-13-21-29(27)33-2)31(28(22-32)24-14-6-3-7-15-24)30(25-16-8-4-9-17-25)26-18-10-5-11-19-26/h3-21,23,28,30,32H,22H2,1-2H3/t23-,28+/m1/s1. The summed E-state index contributed by atoms with van der Waals surface area (Å²) in [7, 11) is 1.71. The number of ether oxygens (including phenoxy) is 1. The van der Waals surface area contributed by atoms with Crippen molar-refractivity contribution in [3.8, 4) is 5.75 Å². The molecular formula is C30H31NO2. The van der Waals surface area contributed by atoms with Crippen molar-refractivity contribution < 1.29 is 9.84 Å². The lowest BCUT2D eigenvalue weighted by Crippen LogP contribution is -2.37. The Morgan fingerprint density at radius 2 is 1.12 bits per heavy atom. The van der Waals surface area contributed by atoms with Crippen LogP contribution in [0.25, 0.3) is 0 Å². The van der Waals surface area contributed by atoms with Crippen LogP contribution in [0.15, 0.2) is 115 Å². The second kappa shape index (κ2) is 11.0. The molecule has 0 aliphatic rings. The molecule has 0 heterocycles. The lowest BCUT2D eigenvalue weighted by Gasteiger charge is -2.43. The number of methoxy groups -OCH3 is 1. The summed E-state index contributed by atoms with van der Waals surface area (Å²) in [6, 6.07) is 39.2. The normalized spacial score (nSPS) is 13.1. The molecule has 0 aliphatic heterocycles. The zero-order valence-corrected chi connectivity index (χ0v) is 19.2. The molecule has 0 radical (unpaired) electrons. The van der Waals surface area contributed by atoms with E-state index in [-0.39, 0.29) is 24.7 Å². The number of hydrogen-bond donors (Lipinski definition) is 1. The Labute approximate surface area is 196 Å². The van der Waals surface area contributed by atoms with Crippen LogP contribution < -0.4 is 4.74 Å². The van der Waals surface area contributed by atoms with Gasteiger partial charge in [-0.3, -0.25) is 4.90 Å². The third-order valence-corrected chi connectivity index (χ3v) is 6.28. The second-order valence-electron chi connectivity index (χ2n) is 8.20. The van der Waals surface area contributed by atoms with Crippen molar-refractivity contribution in [2.45, 2.75) is 25.0 Å². The highest BCUT2D eigenvalue weighted by molar-refractivity contribution is 5.39. The summed E-state index contributed by atoms with van der Waals surface area (Å²) in [6.45, 7) is 2.20. The molecule has 0 fully saturated rings. The molecule has 4 aromatic carbocycles. The van der Waals surface area contributed by atoms with Crippen LogP contribution >= 0.6 is 0 Å². The Morgan fingerprint density at radius 1 is 0.667 bits per heavy atom. The van der Waals surface area contributed by atoms with E-state index in [9.17, 15) is 5.11 Å². The van der Waals surface area contributed by atoms with Crippen LogP contribution in [0.4, 0.5) is 0 Å². The molecule has 0 saturated heterocycles. The van der Waals surface area contributed by atoms with Crippen LogP contribution in [0.2, 0.25) is 0 Å². The first kappa shape index (κ1) is 22.8. The summed E-state index contributed by atoms with van der Waals surface area (Å²) in [5, 5.41) is 10.7. The molecule has 0 amide bonds. The van der Waals surface area contributed by atoms with Gasteiger partial charge in [0, 0.05) is 11.6 Å². The molecule has 4 aromatic rings. The van der Waals surface area contributed by atoms with Gasteiger partial charge in [-0.25, -0.2) is 0 Å². The van der Waals surface area contributed by atoms with Crippen LogP contribution in [-0.4, -0.2) is 23.7 Å². The number of nitrogens with zero attached hydrogens (tertiary/aromatic N) is 1. The summed E-state index contributed by atoms with van der Waals surface area (Å²) >= 11 is 0. The highest BCUT2D eigenvalue weighted by atomic mass is 16.5. The number of aliphatic hydroxyl groups excluding tert-OH is 1. The molecule has 0 aliphatic carbocycles. The van der Waals surface area contributed by atoms with Crippen molar-refractivity contribution in [2.75, 3.05) is 13.7 Å². The molecule has 0 spiro atoms. The van der Waals surface area contributed by atoms with E-state index in [4.69, 9.17) is 4.74 Å². The van der Waals surface area contributed by atoms with Crippen LogP contribution in [-0.2, 0) is 0 Å². The Balaban J connectivity index is 1.93. The average Bonchev–Trinajstić information content (AvgIpc) is 2.90. The summed E-state index contributed by atoms with van der Waals surface area (Å²) in [5.41, 5.74) is 4.53. The van der Waals surface area contributed by atoms with Crippen molar-refractivity contribution >= 4 is 0 Å². The van der Waals surface area contributed by atoms with Crippen molar-refractivity contribution in [3.05, 3.63) is 138 Å². The quantitative estimate of drug-likeness (QED) is 0.321. The molecule has 0 bridgehead atoms. The molecular weight excluding hydrogens is 406 g/mol. The number of para-hydroxylation sites is 1. The summed E-state index contributed by atoms with van der Waals surface area (Å²) in [5.74, 6) is 0.847. The van der Waals surface area contributed by atoms with Gasteiger partial charge in [-0.15, -0.1) is 0 Å². The highest BCUT2D eigenvalue weighted by Crippen LogP contribution is 2.43. The van der Waals surface area contributed by atoms with Gasteiger partial charge in [0.1, 0.15) is 5.75 Å². The van der Waals surface area contributed by atoms with E-state index < -0.39 is 0 Å². The van der Waals surface area contributed by atoms with Gasteiger partial charge in [0.25, 0.3) is 0 Å². The van der Waals surface area contributed by atoms with Gasteiger partial charge < -0.3 is 9.84 Å². The Hall–Kier alpha value is -3.40. The van der Waals surface area contributed by atoms with Crippen molar-refractivity contribution in [1.82, 2.24) is 4.90 Å². The van der Waals surface area contributed by atoms with Gasteiger partial charge >= 0.3 is 0 Å². The summed E-state index contributed by atoms with van der Waals surface area (Å²) < 4.78 is 5.74. The number of rotatable bonds is 9. The van der Waals surface area contributed by atoms with Crippen LogP contribution in [0.3, 0.4) is 0 Å². The molecule has 168 valence electrons. The monoisotopic (exact) mass is 437 g/mol. The van der Waals surface area contributed by atoms with Gasteiger partial charge in [-0.05, 0) is 29.7 Å². The first-order valence-corrected chi connectivity index (χ1v) is 11.4. The maximum absolute atomic E-state index is 10.7. The first-order chi connectivity index (χ1) is 16.2. The van der Waals surface area contributed by atoms with E-state index in [1.54, 1.807) is 7.11 Å². The van der Waals surface area contributed by atoms with Crippen LogP contribution in [0, 0.1) is 0 Å². The van der Waals surface area contributed by atoms with Gasteiger partial charge in [0.05, 0.1) is 25.8 Å². The minimum atomic E-state index is -0.212. The Bertz CT molecular complexity index is 1080. The van der Waals surface area contributed by atoms with E-state index in [1.807, 2.05) is 48.5 Å². The van der Waals surface area contributed by atoms with Crippen molar-refractivity contribution in [2.24, 2.45) is 0 Å². The van der Waals surface area contributed by atoms with E-state index >= 15 is 0 Å². The predicted octanol–water partition coefficient (Wildman–Crippen LogP) is 6.58. The van der Waals surface area contributed by atoms with E-state index in [0.29, 0.717) is 0 Å². The molecule has 33 heavy (non-hydrogen) atoms. The zero-order valence-electron chi connectivity index (χ0n) is 19.2. The average molecular weight is 438 g/mol. The predicted molar refractivity (Wildman–Crippen MR) is 134 cm³/mol. The lowest BCUT2D eigenvalue weighted by atomic mass is 9.90. The van der Waals surface area contributed by atoms with Crippen LogP contribution in [0.5, 0.6) is 5.75 Å². The lowest BCUT2D eigenvalue weighted by molar-refractivity contribution is 0.0594. The van der Waals surface area contributed by atoms with Gasteiger partial charge in [-0.1, -0.05) is 109 Å². The fraction of sp³-hybridized carbons (Fsp3) is 0.200. The Kier molecular flexibility index (Phi) is 7.56. The van der Waals surface area contributed by atoms with Crippen molar-refractivity contribution in [3.63, 3.8) is 0 Å².